The smallest absolute Gasteiger partial charge is 0.294 e. The summed E-state index contributed by atoms with van der Waals surface area (Å²) in [5.74, 6) is -0.126. The fourth-order valence-electron chi connectivity index (χ4n) is 3.25. The molecule has 0 unspecified atom stereocenters. The number of aromatic amines is 1. The number of fused-ring (bicyclic) bond motifs is 1. The Kier molecular flexibility index (Phi) is 5.98. The predicted octanol–water partition coefficient (Wildman–Crippen LogP) is 5.28. The number of aromatic nitrogens is 3. The number of nitrogens with zero attached hydrogens (tertiary/aromatic N) is 2. The third-order valence-corrected chi connectivity index (χ3v) is 7.29. The predicted molar refractivity (Wildman–Crippen MR) is 115 cm³/mol. The number of pyridine rings is 1. The second-order valence-corrected chi connectivity index (χ2v) is 9.57. The van der Waals surface area contributed by atoms with E-state index in [0.29, 0.717) is 29.8 Å². The average Bonchev–Trinajstić information content (AvgIpc) is 3.25. The van der Waals surface area contributed by atoms with Crippen LogP contribution in [-0.4, -0.2) is 29.4 Å². The minimum absolute atomic E-state index is 0.117. The van der Waals surface area contributed by atoms with Crippen LogP contribution in [0.3, 0.4) is 0 Å². The molecule has 0 radical (unpaired) electrons. The molecule has 0 saturated heterocycles. The molecule has 2 aromatic heterocycles. The monoisotopic (exact) mass is 493 g/mol. The normalized spacial score (nSPS) is 12.2. The summed E-state index contributed by atoms with van der Waals surface area (Å²) in [6, 6.07) is 9.57. The van der Waals surface area contributed by atoms with E-state index in [9.17, 15) is 26.4 Å². The SMILES string of the molecule is O=C(CCc1ccc(S(=O)(=O)c2ccc(C(F)(F)F)cc2Cl)cc1)c1cnc2[nH]ncc2c1. The second-order valence-electron chi connectivity index (χ2n) is 7.25. The molecule has 0 spiro atoms. The molecule has 1 N–H and O–H groups in total. The standard InChI is InChI=1S/C22H15ClF3N3O3S/c23-18-10-16(22(24,25)26)4-8-20(18)33(31,32)17-5-1-13(2-6-17)3-7-19(30)14-9-15-12-28-29-21(15)27-11-14/h1-2,4-6,8-12H,3,7H2,(H,27,28,29). The fraction of sp³-hybridized carbons (Fsp3) is 0.136. The average molecular weight is 494 g/mol. The lowest BCUT2D eigenvalue weighted by atomic mass is 10.0. The van der Waals surface area contributed by atoms with Gasteiger partial charge in [-0.25, -0.2) is 13.4 Å². The van der Waals surface area contributed by atoms with Crippen molar-refractivity contribution in [2.75, 3.05) is 0 Å². The van der Waals surface area contributed by atoms with E-state index in [1.54, 1.807) is 24.4 Å². The number of hydrogen-bond acceptors (Lipinski definition) is 5. The van der Waals surface area contributed by atoms with Gasteiger partial charge in [0.15, 0.2) is 11.4 Å². The highest BCUT2D eigenvalue weighted by Crippen LogP contribution is 2.35. The van der Waals surface area contributed by atoms with E-state index in [4.69, 9.17) is 11.6 Å². The van der Waals surface area contributed by atoms with Gasteiger partial charge >= 0.3 is 6.18 Å². The van der Waals surface area contributed by atoms with Crippen molar-refractivity contribution < 1.29 is 26.4 Å². The van der Waals surface area contributed by atoms with Crippen LogP contribution in [0.15, 0.2) is 70.7 Å². The lowest BCUT2D eigenvalue weighted by Crippen LogP contribution is -2.08. The number of hydrogen-bond donors (Lipinski definition) is 1. The number of alkyl halides is 3. The first-order chi connectivity index (χ1) is 15.6. The molecule has 11 heteroatoms. The van der Waals surface area contributed by atoms with Gasteiger partial charge in [0.05, 0.1) is 26.6 Å². The number of rotatable bonds is 6. The van der Waals surface area contributed by atoms with Crippen LogP contribution in [0, 0.1) is 0 Å². The van der Waals surface area contributed by atoms with Crippen LogP contribution in [-0.2, 0) is 22.4 Å². The van der Waals surface area contributed by atoms with Crippen LogP contribution in [0.1, 0.15) is 27.9 Å². The molecule has 0 saturated carbocycles. The van der Waals surface area contributed by atoms with Crippen molar-refractivity contribution in [3.63, 3.8) is 0 Å². The zero-order chi connectivity index (χ0) is 23.8. The summed E-state index contributed by atoms with van der Waals surface area (Å²) in [7, 11) is -4.12. The van der Waals surface area contributed by atoms with Gasteiger partial charge in [-0.15, -0.1) is 0 Å². The van der Waals surface area contributed by atoms with E-state index in [-0.39, 0.29) is 17.1 Å². The maximum atomic E-state index is 12.8. The number of carbonyl (C=O) groups is 1. The lowest BCUT2D eigenvalue weighted by molar-refractivity contribution is -0.137. The van der Waals surface area contributed by atoms with Crippen molar-refractivity contribution in [2.24, 2.45) is 0 Å². The number of benzene rings is 2. The van der Waals surface area contributed by atoms with Crippen molar-refractivity contribution in [3.8, 4) is 0 Å². The van der Waals surface area contributed by atoms with E-state index < -0.39 is 31.5 Å². The number of halogens is 4. The summed E-state index contributed by atoms with van der Waals surface area (Å²) in [6.07, 6.45) is -1.05. The Balaban J connectivity index is 1.47. The van der Waals surface area contributed by atoms with E-state index in [2.05, 4.69) is 15.2 Å². The molecular weight excluding hydrogens is 479 g/mol. The number of carbonyl (C=O) groups excluding carboxylic acids is 1. The summed E-state index contributed by atoms with van der Waals surface area (Å²) in [6.45, 7) is 0. The first kappa shape index (κ1) is 22.9. The van der Waals surface area contributed by atoms with Crippen LogP contribution >= 0.6 is 11.6 Å². The molecule has 0 aliphatic carbocycles. The molecule has 0 atom stereocenters. The van der Waals surface area contributed by atoms with Gasteiger partial charge in [-0.05, 0) is 48.4 Å². The van der Waals surface area contributed by atoms with Crippen molar-refractivity contribution in [2.45, 2.75) is 28.8 Å². The highest BCUT2D eigenvalue weighted by molar-refractivity contribution is 7.91. The number of H-pyrrole nitrogens is 1. The van der Waals surface area contributed by atoms with Gasteiger partial charge < -0.3 is 0 Å². The topological polar surface area (TPSA) is 92.8 Å². The second kappa shape index (κ2) is 8.60. The van der Waals surface area contributed by atoms with Crippen LogP contribution in [0.25, 0.3) is 11.0 Å². The Bertz CT molecular complexity index is 1450. The van der Waals surface area contributed by atoms with E-state index >= 15 is 0 Å². The zero-order valence-corrected chi connectivity index (χ0v) is 18.3. The van der Waals surface area contributed by atoms with Crippen LogP contribution < -0.4 is 0 Å². The Hall–Kier alpha value is -3.24. The molecule has 2 aromatic carbocycles. The zero-order valence-electron chi connectivity index (χ0n) is 16.7. The van der Waals surface area contributed by atoms with Gasteiger partial charge in [0.2, 0.25) is 9.84 Å². The minimum Gasteiger partial charge on any atom is -0.294 e. The number of aryl methyl sites for hydroxylation is 1. The first-order valence-corrected chi connectivity index (χ1v) is 11.4. The molecule has 0 aliphatic rings. The van der Waals surface area contributed by atoms with Gasteiger partial charge in [0.25, 0.3) is 0 Å². The van der Waals surface area contributed by atoms with Crippen molar-refractivity contribution >= 4 is 38.3 Å². The van der Waals surface area contributed by atoms with Gasteiger partial charge in [-0.1, -0.05) is 23.7 Å². The fourth-order valence-corrected chi connectivity index (χ4v) is 5.05. The molecular formula is C22H15ClF3N3O3S. The van der Waals surface area contributed by atoms with Crippen molar-refractivity contribution in [1.29, 1.82) is 0 Å². The molecule has 6 nitrogen and oxygen atoms in total. The highest BCUT2D eigenvalue weighted by atomic mass is 35.5. The molecule has 33 heavy (non-hydrogen) atoms. The quantitative estimate of drug-likeness (QED) is 0.369. The van der Waals surface area contributed by atoms with Crippen molar-refractivity contribution in [3.05, 3.63) is 82.6 Å². The first-order valence-electron chi connectivity index (χ1n) is 9.59. The number of ketones is 1. The highest BCUT2D eigenvalue weighted by Gasteiger charge is 2.32. The van der Waals surface area contributed by atoms with E-state index in [1.807, 2.05) is 0 Å². The van der Waals surface area contributed by atoms with E-state index in [1.165, 1.54) is 18.3 Å². The maximum absolute atomic E-state index is 12.8. The Morgan fingerprint density at radius 3 is 2.42 bits per heavy atom. The number of Topliss-reactive ketones (excluding diaryl/α,β-unsaturated/α-hetero) is 1. The molecule has 2 heterocycles. The largest absolute Gasteiger partial charge is 0.416 e. The maximum Gasteiger partial charge on any atom is 0.416 e. The molecule has 4 rings (SSSR count). The molecule has 4 aromatic rings. The molecule has 170 valence electrons. The van der Waals surface area contributed by atoms with Gasteiger partial charge in [-0.2, -0.15) is 18.3 Å². The van der Waals surface area contributed by atoms with Crippen LogP contribution in [0.4, 0.5) is 13.2 Å². The molecule has 0 fully saturated rings. The Labute approximate surface area is 191 Å². The summed E-state index contributed by atoms with van der Waals surface area (Å²) in [5.41, 5.74) is 0.711. The Morgan fingerprint density at radius 2 is 1.76 bits per heavy atom. The third kappa shape index (κ3) is 4.76. The van der Waals surface area contributed by atoms with Gasteiger partial charge in [0, 0.05) is 23.6 Å². The summed E-state index contributed by atoms with van der Waals surface area (Å²) < 4.78 is 64.1. The Morgan fingerprint density at radius 1 is 1.03 bits per heavy atom. The number of nitrogens with one attached hydrogen (secondary N) is 1. The minimum atomic E-state index is -4.63. The lowest BCUT2D eigenvalue weighted by Gasteiger charge is -2.11. The van der Waals surface area contributed by atoms with Crippen LogP contribution in [0.2, 0.25) is 5.02 Å². The number of sulfone groups is 1. The van der Waals surface area contributed by atoms with Crippen LogP contribution in [0.5, 0.6) is 0 Å². The third-order valence-electron chi connectivity index (χ3n) is 5.04. The molecule has 0 bridgehead atoms. The van der Waals surface area contributed by atoms with Gasteiger partial charge in [0.1, 0.15) is 0 Å². The molecule has 0 amide bonds. The summed E-state index contributed by atoms with van der Waals surface area (Å²) in [5, 5.41) is 6.77. The molecule has 0 aliphatic heterocycles. The van der Waals surface area contributed by atoms with E-state index in [0.717, 1.165) is 17.0 Å². The summed E-state index contributed by atoms with van der Waals surface area (Å²) >= 11 is 5.85. The summed E-state index contributed by atoms with van der Waals surface area (Å²) in [4.78, 5) is 16.1. The van der Waals surface area contributed by atoms with Gasteiger partial charge in [-0.3, -0.25) is 9.89 Å². The van der Waals surface area contributed by atoms with Crippen molar-refractivity contribution in [1.82, 2.24) is 15.2 Å².